The number of pyridine rings is 1. The highest BCUT2D eigenvalue weighted by atomic mass is 19.1. The molecule has 0 saturated carbocycles. The van der Waals surface area contributed by atoms with Crippen molar-refractivity contribution in [3.05, 3.63) is 17.7 Å². The first-order valence-electron chi connectivity index (χ1n) is 8.93. The molecule has 0 aliphatic carbocycles. The lowest BCUT2D eigenvalue weighted by Crippen LogP contribution is -2.55. The van der Waals surface area contributed by atoms with Crippen LogP contribution in [0, 0.1) is 0 Å². The van der Waals surface area contributed by atoms with Crippen molar-refractivity contribution in [2.24, 2.45) is 0 Å². The van der Waals surface area contributed by atoms with Crippen LogP contribution in [0.3, 0.4) is 0 Å². The Labute approximate surface area is 157 Å². The van der Waals surface area contributed by atoms with Gasteiger partial charge in [0.25, 0.3) is 11.8 Å². The van der Waals surface area contributed by atoms with E-state index >= 15 is 4.39 Å². The van der Waals surface area contributed by atoms with Crippen molar-refractivity contribution in [3.63, 3.8) is 0 Å². The predicted octanol–water partition coefficient (Wildman–Crippen LogP) is 0.902. The summed E-state index contributed by atoms with van der Waals surface area (Å²) >= 11 is 0. The van der Waals surface area contributed by atoms with Crippen LogP contribution in [0.25, 0.3) is 0 Å². The lowest BCUT2D eigenvalue weighted by atomic mass is 9.91. The zero-order valence-electron chi connectivity index (χ0n) is 15.6. The van der Waals surface area contributed by atoms with Crippen LogP contribution in [0.1, 0.15) is 23.2 Å². The van der Waals surface area contributed by atoms with Crippen LogP contribution >= 0.6 is 0 Å². The average molecular weight is 381 g/mol. The molecule has 3 rings (SSSR count). The minimum Gasteiger partial charge on any atom is -0.481 e. The number of ether oxygens (including phenoxy) is 3. The monoisotopic (exact) mass is 381 g/mol. The number of rotatable bonds is 4. The van der Waals surface area contributed by atoms with Gasteiger partial charge in [-0.2, -0.15) is 4.98 Å². The fourth-order valence-electron chi connectivity index (χ4n) is 3.35. The van der Waals surface area contributed by atoms with E-state index in [-0.39, 0.29) is 43.3 Å². The number of halogens is 1. The number of alkyl halides is 1. The highest BCUT2D eigenvalue weighted by molar-refractivity contribution is 5.97. The van der Waals surface area contributed by atoms with E-state index in [1.165, 1.54) is 24.0 Å². The second-order valence-electron chi connectivity index (χ2n) is 6.57. The molecular formula is C18H24FN3O5. The van der Waals surface area contributed by atoms with Crippen LogP contribution in [0.15, 0.2) is 12.1 Å². The van der Waals surface area contributed by atoms with Gasteiger partial charge in [-0.25, -0.2) is 4.39 Å². The molecule has 2 aliphatic rings. The molecule has 2 amide bonds. The maximum absolute atomic E-state index is 15.2. The number of morpholine rings is 1. The summed E-state index contributed by atoms with van der Waals surface area (Å²) in [7, 11) is 2.89. The van der Waals surface area contributed by atoms with Gasteiger partial charge in [0.15, 0.2) is 5.67 Å². The van der Waals surface area contributed by atoms with Crippen molar-refractivity contribution in [2.45, 2.75) is 18.5 Å². The first-order chi connectivity index (χ1) is 13.0. The van der Waals surface area contributed by atoms with Crippen molar-refractivity contribution in [1.29, 1.82) is 0 Å². The average Bonchev–Trinajstić information content (AvgIpc) is 2.73. The second kappa shape index (κ2) is 8.08. The van der Waals surface area contributed by atoms with E-state index < -0.39 is 11.6 Å². The van der Waals surface area contributed by atoms with Crippen LogP contribution in [-0.4, -0.2) is 85.9 Å². The topological polar surface area (TPSA) is 81.2 Å². The van der Waals surface area contributed by atoms with Gasteiger partial charge in [-0.3, -0.25) is 9.59 Å². The van der Waals surface area contributed by atoms with Gasteiger partial charge in [-0.05, 0) is 6.07 Å². The summed E-state index contributed by atoms with van der Waals surface area (Å²) in [5, 5.41) is 0. The molecule has 0 atom stereocenters. The first kappa shape index (κ1) is 19.3. The maximum atomic E-state index is 15.2. The minimum absolute atomic E-state index is 0.0270. The number of aromatic nitrogens is 1. The Balaban J connectivity index is 1.66. The third-order valence-electron chi connectivity index (χ3n) is 4.99. The number of likely N-dealkylation sites (tertiary alicyclic amines) is 1. The molecule has 148 valence electrons. The Morgan fingerprint density at radius 3 is 2.33 bits per heavy atom. The smallest absolute Gasteiger partial charge is 0.260 e. The molecule has 0 spiro atoms. The van der Waals surface area contributed by atoms with E-state index in [2.05, 4.69) is 4.98 Å². The highest BCUT2D eigenvalue weighted by Gasteiger charge is 2.45. The number of carbonyl (C=O) groups excluding carboxylic acids is 2. The lowest BCUT2D eigenvalue weighted by Gasteiger charge is -2.39. The van der Waals surface area contributed by atoms with E-state index in [0.717, 1.165) is 0 Å². The summed E-state index contributed by atoms with van der Waals surface area (Å²) in [5.41, 5.74) is -1.65. The lowest BCUT2D eigenvalue weighted by molar-refractivity contribution is -0.151. The summed E-state index contributed by atoms with van der Waals surface area (Å²) in [6.45, 7) is 1.97. The summed E-state index contributed by atoms with van der Waals surface area (Å²) in [5.74, 6) is -0.314. The molecule has 9 heteroatoms. The van der Waals surface area contributed by atoms with Crippen molar-refractivity contribution >= 4 is 11.8 Å². The molecule has 2 aliphatic heterocycles. The van der Waals surface area contributed by atoms with Gasteiger partial charge in [0.05, 0.1) is 27.4 Å². The molecule has 0 radical (unpaired) electrons. The van der Waals surface area contributed by atoms with Crippen molar-refractivity contribution in [2.75, 3.05) is 53.6 Å². The maximum Gasteiger partial charge on any atom is 0.260 e. The summed E-state index contributed by atoms with van der Waals surface area (Å²) in [6, 6.07) is 3.14. The second-order valence-corrected chi connectivity index (χ2v) is 6.57. The van der Waals surface area contributed by atoms with Gasteiger partial charge >= 0.3 is 0 Å². The number of nitrogens with zero attached hydrogens (tertiary/aromatic N) is 3. The molecule has 0 N–H and O–H groups in total. The van der Waals surface area contributed by atoms with Crippen molar-refractivity contribution < 1.29 is 28.2 Å². The largest absolute Gasteiger partial charge is 0.481 e. The Kier molecular flexibility index (Phi) is 5.79. The highest BCUT2D eigenvalue weighted by Crippen LogP contribution is 2.31. The van der Waals surface area contributed by atoms with Crippen LogP contribution < -0.4 is 9.47 Å². The molecule has 0 aromatic carbocycles. The number of hydrogen-bond donors (Lipinski definition) is 0. The molecule has 2 saturated heterocycles. The Morgan fingerprint density at radius 1 is 1.07 bits per heavy atom. The number of methoxy groups -OCH3 is 2. The van der Waals surface area contributed by atoms with E-state index in [1.807, 2.05) is 0 Å². The van der Waals surface area contributed by atoms with Crippen molar-refractivity contribution in [3.8, 4) is 11.8 Å². The molecule has 1 aromatic rings. The van der Waals surface area contributed by atoms with E-state index in [1.54, 1.807) is 12.1 Å². The van der Waals surface area contributed by atoms with Gasteiger partial charge in [0, 0.05) is 45.1 Å². The van der Waals surface area contributed by atoms with Crippen LogP contribution in [0.5, 0.6) is 11.8 Å². The first-order valence-corrected chi connectivity index (χ1v) is 8.93. The number of hydrogen-bond acceptors (Lipinski definition) is 6. The quantitative estimate of drug-likeness (QED) is 0.771. The van der Waals surface area contributed by atoms with Gasteiger partial charge in [-0.1, -0.05) is 0 Å². The predicted molar refractivity (Wildman–Crippen MR) is 93.7 cm³/mol. The van der Waals surface area contributed by atoms with Crippen LogP contribution in [-0.2, 0) is 9.53 Å². The number of piperidine rings is 1. The fraction of sp³-hybridized carbons (Fsp3) is 0.611. The minimum atomic E-state index is -1.93. The van der Waals surface area contributed by atoms with Crippen molar-refractivity contribution in [1.82, 2.24) is 14.8 Å². The number of amides is 2. The molecule has 27 heavy (non-hydrogen) atoms. The van der Waals surface area contributed by atoms with Crippen LogP contribution in [0.4, 0.5) is 4.39 Å². The molecule has 3 heterocycles. The SMILES string of the molecule is COc1ccc(C(=O)N2CCC(F)(C(=O)N3CCOCC3)CC2)c(OC)n1. The van der Waals surface area contributed by atoms with Crippen LogP contribution in [0.2, 0.25) is 0 Å². The summed E-state index contributed by atoms with van der Waals surface area (Å²) in [6.07, 6.45) is -0.0539. The molecule has 1 aromatic heterocycles. The third-order valence-corrected chi connectivity index (χ3v) is 4.99. The van der Waals surface area contributed by atoms with E-state index in [4.69, 9.17) is 14.2 Å². The number of carbonyl (C=O) groups is 2. The van der Waals surface area contributed by atoms with Gasteiger partial charge in [0.1, 0.15) is 5.56 Å². The molecule has 0 bridgehead atoms. The van der Waals surface area contributed by atoms with Gasteiger partial charge in [-0.15, -0.1) is 0 Å². The van der Waals surface area contributed by atoms with E-state index in [9.17, 15) is 9.59 Å². The zero-order valence-corrected chi connectivity index (χ0v) is 15.6. The zero-order chi connectivity index (χ0) is 19.4. The summed E-state index contributed by atoms with van der Waals surface area (Å²) in [4.78, 5) is 32.5. The molecule has 2 fully saturated rings. The van der Waals surface area contributed by atoms with Gasteiger partial charge in [0.2, 0.25) is 11.8 Å². The summed E-state index contributed by atoms with van der Waals surface area (Å²) < 4.78 is 30.6. The fourth-order valence-corrected chi connectivity index (χ4v) is 3.35. The molecule has 8 nitrogen and oxygen atoms in total. The normalized spacial score (nSPS) is 19.5. The Bertz CT molecular complexity index is 700. The molecule has 0 unspecified atom stereocenters. The van der Waals surface area contributed by atoms with Gasteiger partial charge < -0.3 is 24.0 Å². The Morgan fingerprint density at radius 2 is 1.74 bits per heavy atom. The molecular weight excluding hydrogens is 357 g/mol. The third kappa shape index (κ3) is 3.97. The standard InChI is InChI=1S/C18H24FN3O5/c1-25-14-4-3-13(15(20-14)26-2)16(23)21-7-5-18(19,6-8-21)17(24)22-9-11-27-12-10-22/h3-4H,5-12H2,1-2H3. The Hall–Kier alpha value is -2.42. The van der Waals surface area contributed by atoms with E-state index in [0.29, 0.717) is 32.2 Å².